The number of aryl methyl sites for hydroxylation is 1. The lowest BCUT2D eigenvalue weighted by molar-refractivity contribution is -0.136. The van der Waals surface area contributed by atoms with E-state index >= 15 is 0 Å². The van der Waals surface area contributed by atoms with E-state index in [-0.39, 0.29) is 33.5 Å². The number of carbonyl (C=O) groups excluding carboxylic acids is 4. The molecule has 1 aromatic heterocycles. The smallest absolute Gasteiger partial charge is 0.338 e. The van der Waals surface area contributed by atoms with Gasteiger partial charge in [0.25, 0.3) is 0 Å². The van der Waals surface area contributed by atoms with Gasteiger partial charge in [-0.05, 0) is 19.1 Å². The number of hydrogen-bond acceptors (Lipinski definition) is 7. The van der Waals surface area contributed by atoms with Gasteiger partial charge >= 0.3 is 11.9 Å². The summed E-state index contributed by atoms with van der Waals surface area (Å²) >= 11 is 0. The van der Waals surface area contributed by atoms with E-state index in [1.807, 2.05) is 0 Å². The van der Waals surface area contributed by atoms with E-state index in [9.17, 15) is 19.2 Å². The number of ether oxygens (including phenoxy) is 2. The summed E-state index contributed by atoms with van der Waals surface area (Å²) in [5.74, 6) is -3.21. The number of pyridine rings is 1. The molecule has 2 rings (SSSR count). The number of ketones is 2. The maximum absolute atomic E-state index is 12.9. The predicted octanol–water partition coefficient (Wildman–Crippen LogP) is 1.52. The first kappa shape index (κ1) is 18.0. The number of nitrogens with zero attached hydrogens (tertiary/aromatic N) is 1. The molecule has 0 spiro atoms. The number of carbonyl (C=O) groups is 4. The molecule has 0 saturated heterocycles. The van der Waals surface area contributed by atoms with Crippen LogP contribution in [0.25, 0.3) is 0 Å². The van der Waals surface area contributed by atoms with E-state index in [0.717, 1.165) is 14.2 Å². The van der Waals surface area contributed by atoms with Crippen LogP contribution in [0.1, 0.15) is 26.5 Å². The average Bonchev–Trinajstić information content (AvgIpc) is 2.61. The summed E-state index contributed by atoms with van der Waals surface area (Å²) in [6.45, 7) is 8.70. The fourth-order valence-electron chi connectivity index (χ4n) is 2.42. The fourth-order valence-corrected chi connectivity index (χ4v) is 2.42. The van der Waals surface area contributed by atoms with Crippen molar-refractivity contribution in [2.75, 3.05) is 14.2 Å². The van der Waals surface area contributed by atoms with Crippen molar-refractivity contribution in [3.63, 3.8) is 0 Å². The van der Waals surface area contributed by atoms with Crippen LogP contribution in [0.3, 0.4) is 0 Å². The maximum atomic E-state index is 12.9. The number of esters is 2. The van der Waals surface area contributed by atoms with Gasteiger partial charge in [0.05, 0.1) is 36.5 Å². The van der Waals surface area contributed by atoms with E-state index in [1.165, 1.54) is 6.07 Å². The molecular weight excluding hydrogens is 326 g/mol. The second-order valence-corrected chi connectivity index (χ2v) is 5.20. The predicted molar refractivity (Wildman–Crippen MR) is 87.0 cm³/mol. The molecule has 0 aromatic carbocycles. The highest BCUT2D eigenvalue weighted by Gasteiger charge is 2.39. The largest absolute Gasteiger partial charge is 0.465 e. The van der Waals surface area contributed by atoms with E-state index in [0.29, 0.717) is 5.69 Å². The van der Waals surface area contributed by atoms with Crippen molar-refractivity contribution in [1.29, 1.82) is 0 Å². The fraction of sp³-hybridized carbons (Fsp3) is 0.167. The first-order valence-electron chi connectivity index (χ1n) is 7.11. The van der Waals surface area contributed by atoms with Crippen molar-refractivity contribution >= 4 is 23.5 Å². The SMILES string of the molecule is C=C(C(=O)OC)C1=C(C(=C)C(=O)OC)C(=O)c2nc(C)ccc2C1=O. The maximum Gasteiger partial charge on any atom is 0.338 e. The van der Waals surface area contributed by atoms with Crippen molar-refractivity contribution in [1.82, 2.24) is 4.98 Å². The minimum absolute atomic E-state index is 0.0112. The summed E-state index contributed by atoms with van der Waals surface area (Å²) in [5, 5.41) is 0. The highest BCUT2D eigenvalue weighted by atomic mass is 16.5. The Morgan fingerprint density at radius 3 is 1.88 bits per heavy atom. The average molecular weight is 341 g/mol. The third kappa shape index (κ3) is 2.91. The van der Waals surface area contributed by atoms with Crippen LogP contribution in [0, 0.1) is 6.92 Å². The van der Waals surface area contributed by atoms with E-state index in [2.05, 4.69) is 27.6 Å². The van der Waals surface area contributed by atoms with Crippen molar-refractivity contribution < 1.29 is 28.7 Å². The van der Waals surface area contributed by atoms with Crippen LogP contribution in [0.5, 0.6) is 0 Å². The summed E-state index contributed by atoms with van der Waals surface area (Å²) in [7, 11) is 2.21. The van der Waals surface area contributed by atoms with Gasteiger partial charge < -0.3 is 9.47 Å². The molecule has 0 aliphatic heterocycles. The Kier molecular flexibility index (Phi) is 4.78. The Morgan fingerprint density at radius 1 is 0.920 bits per heavy atom. The molecule has 128 valence electrons. The lowest BCUT2D eigenvalue weighted by Crippen LogP contribution is -2.29. The van der Waals surface area contributed by atoms with Crippen molar-refractivity contribution in [3.05, 3.63) is 64.5 Å². The molecule has 1 heterocycles. The van der Waals surface area contributed by atoms with E-state index in [4.69, 9.17) is 0 Å². The van der Waals surface area contributed by atoms with Gasteiger partial charge in [0, 0.05) is 11.3 Å². The number of Topliss-reactive ketones (excluding diaryl/α,β-unsaturated/α-hetero) is 2. The van der Waals surface area contributed by atoms with Gasteiger partial charge in [-0.1, -0.05) is 13.2 Å². The second-order valence-electron chi connectivity index (χ2n) is 5.20. The highest BCUT2D eigenvalue weighted by molar-refractivity contribution is 6.33. The zero-order valence-electron chi connectivity index (χ0n) is 14.0. The standard InChI is InChI=1S/C18H15NO6/c1-8-6-7-11-14(19-8)16(21)13(10(3)18(23)25-5)12(15(11)20)9(2)17(22)24-4/h6-7H,2-3H2,1,4-5H3. The molecule has 1 aromatic rings. The number of methoxy groups -OCH3 is 2. The number of rotatable bonds is 4. The minimum Gasteiger partial charge on any atom is -0.465 e. The van der Waals surface area contributed by atoms with Crippen molar-refractivity contribution in [2.24, 2.45) is 0 Å². The molecule has 7 nitrogen and oxygen atoms in total. The highest BCUT2D eigenvalue weighted by Crippen LogP contribution is 2.33. The van der Waals surface area contributed by atoms with Crippen molar-refractivity contribution in [3.8, 4) is 0 Å². The molecule has 1 aliphatic carbocycles. The zero-order chi connectivity index (χ0) is 18.9. The van der Waals surface area contributed by atoms with Gasteiger partial charge in [0.1, 0.15) is 5.69 Å². The van der Waals surface area contributed by atoms with Gasteiger partial charge in [-0.25, -0.2) is 14.6 Å². The third-order valence-electron chi connectivity index (χ3n) is 3.67. The van der Waals surface area contributed by atoms with Gasteiger partial charge in [-0.3, -0.25) is 9.59 Å². The summed E-state index contributed by atoms with van der Waals surface area (Å²) in [5.41, 5.74) is -1.02. The molecule has 0 saturated carbocycles. The normalized spacial score (nSPS) is 13.2. The van der Waals surface area contributed by atoms with Crippen LogP contribution >= 0.6 is 0 Å². The van der Waals surface area contributed by atoms with Gasteiger partial charge in [-0.2, -0.15) is 0 Å². The summed E-state index contributed by atoms with van der Waals surface area (Å²) in [6.07, 6.45) is 0. The topological polar surface area (TPSA) is 99.6 Å². The van der Waals surface area contributed by atoms with Crippen LogP contribution in [-0.4, -0.2) is 42.7 Å². The molecule has 7 heteroatoms. The Morgan fingerprint density at radius 2 is 1.40 bits per heavy atom. The Hall–Kier alpha value is -3.35. The quantitative estimate of drug-likeness (QED) is 0.604. The van der Waals surface area contributed by atoms with Gasteiger partial charge in [0.2, 0.25) is 5.78 Å². The molecule has 0 atom stereocenters. The Bertz CT molecular complexity index is 891. The number of hydrogen-bond donors (Lipinski definition) is 0. The second kappa shape index (κ2) is 6.64. The first-order chi connectivity index (χ1) is 11.7. The monoisotopic (exact) mass is 341 g/mol. The molecule has 0 radical (unpaired) electrons. The van der Waals surface area contributed by atoms with E-state index < -0.39 is 23.5 Å². The van der Waals surface area contributed by atoms with Gasteiger partial charge in [-0.15, -0.1) is 0 Å². The number of aromatic nitrogens is 1. The van der Waals surface area contributed by atoms with Crippen LogP contribution < -0.4 is 0 Å². The van der Waals surface area contributed by atoms with Crippen LogP contribution in [0.4, 0.5) is 0 Å². The molecule has 0 N–H and O–H groups in total. The lowest BCUT2D eigenvalue weighted by atomic mass is 9.80. The molecule has 0 unspecified atom stereocenters. The Balaban J connectivity index is 2.79. The number of fused-ring (bicyclic) bond motifs is 1. The van der Waals surface area contributed by atoms with Gasteiger partial charge in [0.15, 0.2) is 5.78 Å². The summed E-state index contributed by atoms with van der Waals surface area (Å²) in [6, 6.07) is 2.99. The summed E-state index contributed by atoms with van der Waals surface area (Å²) < 4.78 is 9.15. The third-order valence-corrected chi connectivity index (χ3v) is 3.67. The molecule has 1 aliphatic rings. The van der Waals surface area contributed by atoms with Crippen LogP contribution in [-0.2, 0) is 19.1 Å². The Labute approximate surface area is 143 Å². The molecule has 0 amide bonds. The lowest BCUT2D eigenvalue weighted by Gasteiger charge is -2.21. The molecular formula is C18H15NO6. The summed E-state index contributed by atoms with van der Waals surface area (Å²) in [4.78, 5) is 53.5. The molecule has 0 fully saturated rings. The van der Waals surface area contributed by atoms with Crippen molar-refractivity contribution in [2.45, 2.75) is 6.92 Å². The zero-order valence-corrected chi connectivity index (χ0v) is 14.0. The molecule has 25 heavy (non-hydrogen) atoms. The van der Waals surface area contributed by atoms with E-state index in [1.54, 1.807) is 13.0 Å². The molecule has 0 bridgehead atoms. The minimum atomic E-state index is -0.914. The van der Waals surface area contributed by atoms with Crippen LogP contribution in [0.15, 0.2) is 47.6 Å². The van der Waals surface area contributed by atoms with Crippen LogP contribution in [0.2, 0.25) is 0 Å². The first-order valence-corrected chi connectivity index (χ1v) is 7.11.